The van der Waals surface area contributed by atoms with E-state index >= 15 is 0 Å². The van der Waals surface area contributed by atoms with E-state index in [0.29, 0.717) is 13.1 Å². The minimum atomic E-state index is -0.347. The summed E-state index contributed by atoms with van der Waals surface area (Å²) in [5, 5.41) is 12.8. The third-order valence-corrected chi connectivity index (χ3v) is 2.22. The van der Waals surface area contributed by atoms with E-state index in [4.69, 9.17) is 5.73 Å². The monoisotopic (exact) mass is 268 g/mol. The molecule has 0 aliphatic heterocycles. The van der Waals surface area contributed by atoms with Gasteiger partial charge >= 0.3 is 0 Å². The molecule has 2 amide bonds. The van der Waals surface area contributed by atoms with Crippen molar-refractivity contribution >= 4 is 11.8 Å². The number of amides is 2. The SMILES string of the molecule is CC(C)NC(=O)CCNC(=O)c1cn(CCN)nn1. The van der Waals surface area contributed by atoms with Crippen LogP contribution in [0.3, 0.4) is 0 Å². The quantitative estimate of drug-likeness (QED) is 0.579. The number of nitrogens with one attached hydrogen (secondary N) is 2. The first kappa shape index (κ1) is 15.1. The molecule has 0 spiro atoms. The molecular formula is C11H20N6O2. The Hall–Kier alpha value is -1.96. The van der Waals surface area contributed by atoms with Crippen molar-refractivity contribution in [1.29, 1.82) is 0 Å². The number of aromatic nitrogens is 3. The Morgan fingerprint density at radius 1 is 1.47 bits per heavy atom. The van der Waals surface area contributed by atoms with Gasteiger partial charge in [0.2, 0.25) is 5.91 Å². The fourth-order valence-electron chi connectivity index (χ4n) is 1.42. The maximum atomic E-state index is 11.7. The number of hydrogen-bond donors (Lipinski definition) is 3. The van der Waals surface area contributed by atoms with Crippen LogP contribution in [0.4, 0.5) is 0 Å². The Balaban J connectivity index is 2.32. The molecule has 0 aromatic carbocycles. The van der Waals surface area contributed by atoms with E-state index in [9.17, 15) is 9.59 Å². The first-order valence-corrected chi connectivity index (χ1v) is 6.20. The van der Waals surface area contributed by atoms with Gasteiger partial charge in [-0.05, 0) is 13.8 Å². The Morgan fingerprint density at radius 2 is 2.21 bits per heavy atom. The van der Waals surface area contributed by atoms with Gasteiger partial charge in [-0.2, -0.15) is 0 Å². The van der Waals surface area contributed by atoms with Crippen molar-refractivity contribution in [2.24, 2.45) is 5.73 Å². The summed E-state index contributed by atoms with van der Waals surface area (Å²) in [6.45, 7) is 4.97. The molecule has 1 heterocycles. The van der Waals surface area contributed by atoms with Crippen LogP contribution >= 0.6 is 0 Å². The third-order valence-electron chi connectivity index (χ3n) is 2.22. The maximum absolute atomic E-state index is 11.7. The second kappa shape index (κ2) is 7.47. The first-order valence-electron chi connectivity index (χ1n) is 6.20. The number of nitrogens with zero attached hydrogens (tertiary/aromatic N) is 3. The predicted octanol–water partition coefficient (Wildman–Crippen LogP) is -1.12. The van der Waals surface area contributed by atoms with Gasteiger partial charge in [0, 0.05) is 25.6 Å². The highest BCUT2D eigenvalue weighted by Crippen LogP contribution is 1.93. The summed E-state index contributed by atoms with van der Waals surface area (Å²) >= 11 is 0. The van der Waals surface area contributed by atoms with Crippen LogP contribution in [0.2, 0.25) is 0 Å². The lowest BCUT2D eigenvalue weighted by Gasteiger charge is -2.08. The topological polar surface area (TPSA) is 115 Å². The zero-order valence-electron chi connectivity index (χ0n) is 11.2. The first-order chi connectivity index (χ1) is 9.02. The molecule has 19 heavy (non-hydrogen) atoms. The summed E-state index contributed by atoms with van der Waals surface area (Å²) in [6, 6.07) is 0.0966. The molecule has 0 saturated heterocycles. The molecule has 1 rings (SSSR count). The Labute approximate surface area is 111 Å². The fourth-order valence-corrected chi connectivity index (χ4v) is 1.42. The highest BCUT2D eigenvalue weighted by molar-refractivity contribution is 5.92. The molecule has 1 aromatic heterocycles. The van der Waals surface area contributed by atoms with Gasteiger partial charge in [0.25, 0.3) is 5.91 Å². The van der Waals surface area contributed by atoms with Crippen LogP contribution < -0.4 is 16.4 Å². The lowest BCUT2D eigenvalue weighted by atomic mass is 10.3. The number of rotatable bonds is 7. The molecule has 0 aliphatic rings. The molecule has 8 heteroatoms. The zero-order valence-corrected chi connectivity index (χ0v) is 11.2. The normalized spacial score (nSPS) is 10.5. The van der Waals surface area contributed by atoms with Gasteiger partial charge in [-0.25, -0.2) is 0 Å². The third kappa shape index (κ3) is 5.47. The van der Waals surface area contributed by atoms with Crippen LogP contribution in [-0.4, -0.2) is 45.9 Å². The highest BCUT2D eigenvalue weighted by Gasteiger charge is 2.11. The van der Waals surface area contributed by atoms with Gasteiger partial charge in [-0.1, -0.05) is 5.21 Å². The minimum absolute atomic E-state index is 0.0953. The van der Waals surface area contributed by atoms with Gasteiger partial charge in [0.05, 0.1) is 12.7 Å². The number of carbonyl (C=O) groups excluding carboxylic acids is 2. The van der Waals surface area contributed by atoms with E-state index < -0.39 is 0 Å². The lowest BCUT2D eigenvalue weighted by Crippen LogP contribution is -2.34. The van der Waals surface area contributed by atoms with Crippen LogP contribution in [0, 0.1) is 0 Å². The average Bonchev–Trinajstić information content (AvgIpc) is 2.77. The Kier molecular flexibility index (Phi) is 5.94. The molecule has 0 atom stereocenters. The van der Waals surface area contributed by atoms with Crippen molar-refractivity contribution in [2.45, 2.75) is 32.9 Å². The summed E-state index contributed by atoms with van der Waals surface area (Å²) in [6.07, 6.45) is 1.76. The van der Waals surface area contributed by atoms with E-state index in [1.165, 1.54) is 10.9 Å². The lowest BCUT2D eigenvalue weighted by molar-refractivity contribution is -0.121. The van der Waals surface area contributed by atoms with Gasteiger partial charge in [0.1, 0.15) is 0 Å². The standard InChI is InChI=1S/C11H20N6O2/c1-8(2)14-10(18)3-5-13-11(19)9-7-17(6-4-12)16-15-9/h7-8H,3-6,12H2,1-2H3,(H,13,19)(H,14,18). The summed E-state index contributed by atoms with van der Waals surface area (Å²) < 4.78 is 1.50. The Bertz CT molecular complexity index is 429. The maximum Gasteiger partial charge on any atom is 0.273 e. The van der Waals surface area contributed by atoms with Crippen LogP contribution in [0.1, 0.15) is 30.8 Å². The molecule has 0 radical (unpaired) electrons. The van der Waals surface area contributed by atoms with Crippen LogP contribution in [0.15, 0.2) is 6.20 Å². The van der Waals surface area contributed by atoms with Crippen LogP contribution in [0.25, 0.3) is 0 Å². The second-order valence-corrected chi connectivity index (χ2v) is 4.38. The highest BCUT2D eigenvalue weighted by atomic mass is 16.2. The summed E-state index contributed by atoms with van der Waals surface area (Å²) in [4.78, 5) is 23.0. The zero-order chi connectivity index (χ0) is 14.3. The fraction of sp³-hybridized carbons (Fsp3) is 0.636. The van der Waals surface area contributed by atoms with Crippen molar-refractivity contribution in [3.63, 3.8) is 0 Å². The average molecular weight is 268 g/mol. The number of nitrogens with two attached hydrogens (primary N) is 1. The summed E-state index contributed by atoms with van der Waals surface area (Å²) in [5.74, 6) is -0.442. The van der Waals surface area contributed by atoms with E-state index in [-0.39, 0.29) is 36.5 Å². The Morgan fingerprint density at radius 3 is 2.84 bits per heavy atom. The van der Waals surface area contributed by atoms with Crippen molar-refractivity contribution in [3.8, 4) is 0 Å². The molecule has 0 fully saturated rings. The van der Waals surface area contributed by atoms with Crippen molar-refractivity contribution in [3.05, 3.63) is 11.9 Å². The van der Waals surface area contributed by atoms with Gasteiger partial charge in [0.15, 0.2) is 5.69 Å². The number of carbonyl (C=O) groups is 2. The molecule has 0 bridgehead atoms. The molecule has 106 valence electrons. The van der Waals surface area contributed by atoms with E-state index in [1.54, 1.807) is 0 Å². The smallest absolute Gasteiger partial charge is 0.273 e. The minimum Gasteiger partial charge on any atom is -0.354 e. The molecule has 8 nitrogen and oxygen atoms in total. The van der Waals surface area contributed by atoms with Gasteiger partial charge < -0.3 is 16.4 Å². The van der Waals surface area contributed by atoms with E-state index in [1.807, 2.05) is 13.8 Å². The molecule has 1 aromatic rings. The van der Waals surface area contributed by atoms with Crippen molar-refractivity contribution in [1.82, 2.24) is 25.6 Å². The molecule has 0 aliphatic carbocycles. The molecule has 0 unspecified atom stereocenters. The molecule has 0 saturated carbocycles. The molecular weight excluding hydrogens is 248 g/mol. The largest absolute Gasteiger partial charge is 0.354 e. The predicted molar refractivity (Wildman–Crippen MR) is 69.3 cm³/mol. The van der Waals surface area contributed by atoms with Crippen LogP contribution in [0.5, 0.6) is 0 Å². The van der Waals surface area contributed by atoms with Crippen LogP contribution in [-0.2, 0) is 11.3 Å². The summed E-state index contributed by atoms with van der Waals surface area (Å²) in [7, 11) is 0. The molecule has 4 N–H and O–H groups in total. The van der Waals surface area contributed by atoms with E-state index in [2.05, 4.69) is 20.9 Å². The second-order valence-electron chi connectivity index (χ2n) is 4.38. The summed E-state index contributed by atoms with van der Waals surface area (Å²) in [5.41, 5.74) is 5.59. The van der Waals surface area contributed by atoms with Crippen molar-refractivity contribution in [2.75, 3.05) is 13.1 Å². The van der Waals surface area contributed by atoms with Gasteiger partial charge in [-0.3, -0.25) is 14.3 Å². The van der Waals surface area contributed by atoms with Crippen molar-refractivity contribution < 1.29 is 9.59 Å². The van der Waals surface area contributed by atoms with E-state index in [0.717, 1.165) is 0 Å². The number of hydrogen-bond acceptors (Lipinski definition) is 5. The van der Waals surface area contributed by atoms with Gasteiger partial charge in [-0.15, -0.1) is 5.10 Å².